The van der Waals surface area contributed by atoms with Crippen molar-refractivity contribution < 1.29 is 0 Å². The van der Waals surface area contributed by atoms with Crippen molar-refractivity contribution in [2.24, 2.45) is 5.73 Å². The van der Waals surface area contributed by atoms with Crippen LogP contribution in [0.2, 0.25) is 0 Å². The van der Waals surface area contributed by atoms with Gasteiger partial charge in [-0.2, -0.15) is 0 Å². The van der Waals surface area contributed by atoms with E-state index in [4.69, 9.17) is 5.73 Å². The van der Waals surface area contributed by atoms with Gasteiger partial charge in [0.2, 0.25) is 0 Å². The molecule has 0 saturated carbocycles. The first kappa shape index (κ1) is 14.9. The van der Waals surface area contributed by atoms with Crippen molar-refractivity contribution in [3.8, 4) is 0 Å². The van der Waals surface area contributed by atoms with Gasteiger partial charge in [0, 0.05) is 12.6 Å². The van der Waals surface area contributed by atoms with Crippen LogP contribution in [-0.2, 0) is 0 Å². The molecule has 15 heavy (non-hydrogen) atoms. The molecule has 0 bridgehead atoms. The van der Waals surface area contributed by atoms with Gasteiger partial charge >= 0.3 is 0 Å². The van der Waals surface area contributed by atoms with Gasteiger partial charge < -0.3 is 10.6 Å². The zero-order valence-corrected chi connectivity index (χ0v) is 11.0. The Morgan fingerprint density at radius 1 is 0.933 bits per heavy atom. The van der Waals surface area contributed by atoms with Gasteiger partial charge in [0.1, 0.15) is 0 Å². The number of hydrogen-bond acceptors (Lipinski definition) is 2. The van der Waals surface area contributed by atoms with Crippen molar-refractivity contribution in [2.75, 3.05) is 19.6 Å². The monoisotopic (exact) mass is 214 g/mol. The minimum atomic E-state index is 0.378. The summed E-state index contributed by atoms with van der Waals surface area (Å²) >= 11 is 0. The van der Waals surface area contributed by atoms with E-state index in [1.165, 1.54) is 45.2 Å². The molecule has 0 amide bonds. The third-order valence-corrected chi connectivity index (χ3v) is 2.81. The Bertz CT molecular complexity index is 118. The van der Waals surface area contributed by atoms with Crippen molar-refractivity contribution in [3.63, 3.8) is 0 Å². The molecule has 0 aliphatic carbocycles. The summed E-state index contributed by atoms with van der Waals surface area (Å²) in [7, 11) is 0. The number of rotatable bonds is 10. The molecular weight excluding hydrogens is 184 g/mol. The molecule has 0 aromatic heterocycles. The first-order chi connectivity index (χ1) is 7.24. The van der Waals surface area contributed by atoms with Crippen LogP contribution >= 0.6 is 0 Å². The van der Waals surface area contributed by atoms with Gasteiger partial charge in [0.15, 0.2) is 0 Å². The van der Waals surface area contributed by atoms with Crippen molar-refractivity contribution in [1.29, 1.82) is 0 Å². The Morgan fingerprint density at radius 3 is 1.87 bits per heavy atom. The lowest BCUT2D eigenvalue weighted by atomic mass is 10.1. The summed E-state index contributed by atoms with van der Waals surface area (Å²) in [5.74, 6) is 0. The molecule has 2 nitrogen and oxygen atoms in total. The summed E-state index contributed by atoms with van der Waals surface area (Å²) in [6, 6.07) is 0.378. The topological polar surface area (TPSA) is 29.3 Å². The molecule has 2 N–H and O–H groups in total. The van der Waals surface area contributed by atoms with Crippen molar-refractivity contribution in [2.45, 2.75) is 65.3 Å². The second-order valence-corrected chi connectivity index (χ2v) is 4.56. The molecule has 0 radical (unpaired) electrons. The highest BCUT2D eigenvalue weighted by Gasteiger charge is 2.08. The molecule has 1 unspecified atom stereocenters. The van der Waals surface area contributed by atoms with Gasteiger partial charge in [0.25, 0.3) is 0 Å². The molecule has 92 valence electrons. The van der Waals surface area contributed by atoms with E-state index in [9.17, 15) is 0 Å². The average molecular weight is 214 g/mol. The van der Waals surface area contributed by atoms with E-state index in [1.54, 1.807) is 0 Å². The van der Waals surface area contributed by atoms with E-state index in [0.717, 1.165) is 13.0 Å². The summed E-state index contributed by atoms with van der Waals surface area (Å²) in [6.07, 6.45) is 7.55. The average Bonchev–Trinajstić information content (AvgIpc) is 2.22. The standard InChI is InChI=1S/C13H30N2/c1-4-7-10-15(11-8-5-2)12-13(14)9-6-3/h13H,4-12,14H2,1-3H3. The van der Waals surface area contributed by atoms with Gasteiger partial charge in [-0.1, -0.05) is 40.0 Å². The third-order valence-electron chi connectivity index (χ3n) is 2.81. The van der Waals surface area contributed by atoms with Crippen LogP contribution in [0.25, 0.3) is 0 Å². The maximum atomic E-state index is 6.09. The Morgan fingerprint density at radius 2 is 1.47 bits per heavy atom. The van der Waals surface area contributed by atoms with Gasteiger partial charge in [-0.3, -0.25) is 0 Å². The Hall–Kier alpha value is -0.0800. The van der Waals surface area contributed by atoms with E-state index in [2.05, 4.69) is 25.7 Å². The van der Waals surface area contributed by atoms with Crippen LogP contribution in [-0.4, -0.2) is 30.6 Å². The van der Waals surface area contributed by atoms with Crippen LogP contribution in [0, 0.1) is 0 Å². The van der Waals surface area contributed by atoms with Crippen LogP contribution in [0.4, 0.5) is 0 Å². The van der Waals surface area contributed by atoms with Crippen LogP contribution in [0.5, 0.6) is 0 Å². The van der Waals surface area contributed by atoms with Crippen LogP contribution in [0.15, 0.2) is 0 Å². The highest BCUT2D eigenvalue weighted by Crippen LogP contribution is 2.02. The summed E-state index contributed by atoms with van der Waals surface area (Å²) in [5.41, 5.74) is 6.09. The fourth-order valence-electron chi connectivity index (χ4n) is 1.85. The lowest BCUT2D eigenvalue weighted by Crippen LogP contribution is -2.38. The zero-order valence-electron chi connectivity index (χ0n) is 11.0. The van der Waals surface area contributed by atoms with Crippen molar-refractivity contribution in [1.82, 2.24) is 4.90 Å². The normalized spacial score (nSPS) is 13.4. The molecule has 0 rings (SSSR count). The fraction of sp³-hybridized carbons (Fsp3) is 1.00. The molecule has 0 fully saturated rings. The van der Waals surface area contributed by atoms with Gasteiger partial charge in [-0.15, -0.1) is 0 Å². The van der Waals surface area contributed by atoms with Gasteiger partial charge in [-0.05, 0) is 32.4 Å². The molecule has 0 aliphatic rings. The van der Waals surface area contributed by atoms with E-state index in [1.807, 2.05) is 0 Å². The van der Waals surface area contributed by atoms with Crippen LogP contribution in [0.3, 0.4) is 0 Å². The first-order valence-corrected chi connectivity index (χ1v) is 6.72. The van der Waals surface area contributed by atoms with Gasteiger partial charge in [-0.25, -0.2) is 0 Å². The number of hydrogen-bond donors (Lipinski definition) is 1. The Kier molecular flexibility index (Phi) is 10.4. The van der Waals surface area contributed by atoms with E-state index >= 15 is 0 Å². The molecule has 0 aromatic carbocycles. The van der Waals surface area contributed by atoms with Crippen LogP contribution in [0.1, 0.15) is 59.3 Å². The Labute approximate surface area is 96.2 Å². The predicted octanol–water partition coefficient (Wildman–Crippen LogP) is 3.02. The fourth-order valence-corrected chi connectivity index (χ4v) is 1.85. The smallest absolute Gasteiger partial charge is 0.0167 e. The number of unbranched alkanes of at least 4 members (excludes halogenated alkanes) is 2. The minimum absolute atomic E-state index is 0.378. The molecule has 2 heteroatoms. The summed E-state index contributed by atoms with van der Waals surface area (Å²) in [4.78, 5) is 2.55. The lowest BCUT2D eigenvalue weighted by Gasteiger charge is -2.25. The quantitative estimate of drug-likeness (QED) is 0.606. The first-order valence-electron chi connectivity index (χ1n) is 6.72. The largest absolute Gasteiger partial charge is 0.327 e. The second-order valence-electron chi connectivity index (χ2n) is 4.56. The molecule has 0 spiro atoms. The highest BCUT2D eigenvalue weighted by atomic mass is 15.1. The third kappa shape index (κ3) is 8.88. The summed E-state index contributed by atoms with van der Waals surface area (Å²) in [6.45, 7) is 10.3. The maximum Gasteiger partial charge on any atom is 0.0167 e. The molecule has 1 atom stereocenters. The Balaban J connectivity index is 3.76. The lowest BCUT2D eigenvalue weighted by molar-refractivity contribution is 0.245. The van der Waals surface area contributed by atoms with E-state index in [0.29, 0.717) is 6.04 Å². The van der Waals surface area contributed by atoms with Crippen molar-refractivity contribution >= 4 is 0 Å². The zero-order chi connectivity index (χ0) is 11.5. The molecule has 0 aromatic rings. The molecule has 0 saturated heterocycles. The maximum absolute atomic E-state index is 6.09. The number of nitrogens with two attached hydrogens (primary N) is 1. The highest BCUT2D eigenvalue weighted by molar-refractivity contribution is 4.68. The van der Waals surface area contributed by atoms with Crippen molar-refractivity contribution in [3.05, 3.63) is 0 Å². The van der Waals surface area contributed by atoms with Gasteiger partial charge in [0.05, 0.1) is 0 Å². The van der Waals surface area contributed by atoms with Crippen LogP contribution < -0.4 is 5.73 Å². The summed E-state index contributed by atoms with van der Waals surface area (Å²) < 4.78 is 0. The number of nitrogens with zero attached hydrogens (tertiary/aromatic N) is 1. The summed E-state index contributed by atoms with van der Waals surface area (Å²) in [5, 5.41) is 0. The second kappa shape index (κ2) is 10.4. The molecular formula is C13H30N2. The van der Waals surface area contributed by atoms with E-state index < -0.39 is 0 Å². The SMILES string of the molecule is CCCCN(CCCC)CC(N)CCC. The molecule has 0 heterocycles. The van der Waals surface area contributed by atoms with E-state index in [-0.39, 0.29) is 0 Å². The minimum Gasteiger partial charge on any atom is -0.327 e. The molecule has 0 aliphatic heterocycles. The predicted molar refractivity (Wildman–Crippen MR) is 69.1 cm³/mol.